The standard InChI is InChI=1S/C35H49BrN2O3/c1-4-5-6-7-8-9-10-11-12-13-14-15-16-17-26-38-32(27-20-24-30(25-21-27)37(2)3)31(34(40)35(38)41)33(39)28-18-22-29(36)23-19-28/h18-25,32,39H,4-17,26H2,1-3H3/b33-31+/t32-/m0/s1. The van der Waals surface area contributed by atoms with Crippen molar-refractivity contribution in [2.75, 3.05) is 25.5 Å². The van der Waals surface area contributed by atoms with Crippen molar-refractivity contribution >= 4 is 39.1 Å². The first-order chi connectivity index (χ1) is 19.8. The number of halogens is 1. The zero-order valence-electron chi connectivity index (χ0n) is 25.3. The lowest BCUT2D eigenvalue weighted by molar-refractivity contribution is -0.139. The molecule has 1 aliphatic rings. The van der Waals surface area contributed by atoms with Gasteiger partial charge in [0.1, 0.15) is 5.76 Å². The largest absolute Gasteiger partial charge is 0.507 e. The van der Waals surface area contributed by atoms with Gasteiger partial charge >= 0.3 is 0 Å². The number of aliphatic hydroxyl groups excluding tert-OH is 1. The summed E-state index contributed by atoms with van der Waals surface area (Å²) in [5, 5.41) is 11.2. The third kappa shape index (κ3) is 9.73. The van der Waals surface area contributed by atoms with E-state index in [1.807, 2.05) is 55.4 Å². The van der Waals surface area contributed by atoms with Crippen LogP contribution in [0.1, 0.15) is 114 Å². The van der Waals surface area contributed by atoms with Crippen LogP contribution in [0.3, 0.4) is 0 Å². The Labute approximate surface area is 256 Å². The zero-order valence-corrected chi connectivity index (χ0v) is 26.9. The Morgan fingerprint density at radius 2 is 1.24 bits per heavy atom. The van der Waals surface area contributed by atoms with Crippen molar-refractivity contribution in [3.05, 3.63) is 69.7 Å². The lowest BCUT2D eigenvalue weighted by Crippen LogP contribution is -2.30. The molecular formula is C35H49BrN2O3. The number of anilines is 1. The van der Waals surface area contributed by atoms with Gasteiger partial charge < -0.3 is 14.9 Å². The first-order valence-electron chi connectivity index (χ1n) is 15.7. The molecule has 41 heavy (non-hydrogen) atoms. The molecule has 1 saturated heterocycles. The smallest absolute Gasteiger partial charge is 0.295 e. The second-order valence-corrected chi connectivity index (χ2v) is 12.5. The average molecular weight is 626 g/mol. The van der Waals surface area contributed by atoms with Crippen LogP contribution in [0.15, 0.2) is 58.6 Å². The van der Waals surface area contributed by atoms with Gasteiger partial charge in [0.15, 0.2) is 0 Å². The number of hydrogen-bond donors (Lipinski definition) is 1. The van der Waals surface area contributed by atoms with E-state index in [1.54, 1.807) is 17.0 Å². The molecule has 0 bridgehead atoms. The third-order valence-corrected chi connectivity index (χ3v) is 8.66. The van der Waals surface area contributed by atoms with Gasteiger partial charge in [0.05, 0.1) is 11.6 Å². The molecule has 0 radical (unpaired) electrons. The molecule has 0 aromatic heterocycles. The summed E-state index contributed by atoms with van der Waals surface area (Å²) in [7, 11) is 3.95. The molecule has 1 N–H and O–H groups in total. The maximum Gasteiger partial charge on any atom is 0.295 e. The summed E-state index contributed by atoms with van der Waals surface area (Å²) in [4.78, 5) is 30.2. The minimum absolute atomic E-state index is 0.124. The molecule has 5 nitrogen and oxygen atoms in total. The van der Waals surface area contributed by atoms with Gasteiger partial charge in [-0.25, -0.2) is 0 Å². The molecule has 6 heteroatoms. The fraction of sp³-hybridized carbons (Fsp3) is 0.543. The number of aliphatic hydroxyl groups is 1. The van der Waals surface area contributed by atoms with Crippen LogP contribution in [0.25, 0.3) is 5.76 Å². The van der Waals surface area contributed by atoms with Crippen molar-refractivity contribution in [3.63, 3.8) is 0 Å². The minimum atomic E-state index is -0.613. The van der Waals surface area contributed by atoms with Gasteiger partial charge in [0, 0.05) is 36.4 Å². The summed E-state index contributed by atoms with van der Waals surface area (Å²) in [6.45, 7) is 2.76. The number of hydrogen-bond acceptors (Lipinski definition) is 4. The van der Waals surface area contributed by atoms with E-state index in [9.17, 15) is 14.7 Å². The van der Waals surface area contributed by atoms with Gasteiger partial charge in [-0.1, -0.05) is 131 Å². The molecule has 1 atom stereocenters. The molecule has 0 saturated carbocycles. The average Bonchev–Trinajstić information content (AvgIpc) is 3.22. The Kier molecular flexibility index (Phi) is 13.9. The Bertz CT molecular complexity index is 1130. The van der Waals surface area contributed by atoms with Crippen LogP contribution in [0.4, 0.5) is 5.69 Å². The van der Waals surface area contributed by atoms with Crippen LogP contribution in [-0.2, 0) is 9.59 Å². The van der Waals surface area contributed by atoms with Gasteiger partial charge in [-0.15, -0.1) is 0 Å². The third-order valence-electron chi connectivity index (χ3n) is 8.14. The quantitative estimate of drug-likeness (QED) is 0.0776. The fourth-order valence-electron chi connectivity index (χ4n) is 5.65. The lowest BCUT2D eigenvalue weighted by atomic mass is 9.95. The molecule has 0 aliphatic carbocycles. The second kappa shape index (κ2) is 17.4. The highest BCUT2D eigenvalue weighted by Gasteiger charge is 2.45. The highest BCUT2D eigenvalue weighted by atomic mass is 79.9. The molecule has 1 amide bonds. The second-order valence-electron chi connectivity index (χ2n) is 11.6. The van der Waals surface area contributed by atoms with Crippen LogP contribution in [0, 0.1) is 0 Å². The van der Waals surface area contributed by atoms with E-state index in [4.69, 9.17) is 0 Å². The number of amides is 1. The minimum Gasteiger partial charge on any atom is -0.507 e. The van der Waals surface area contributed by atoms with E-state index in [2.05, 4.69) is 22.9 Å². The van der Waals surface area contributed by atoms with E-state index >= 15 is 0 Å². The van der Waals surface area contributed by atoms with E-state index in [-0.39, 0.29) is 11.3 Å². The Hall–Kier alpha value is -2.60. The molecule has 1 fully saturated rings. The normalized spacial score (nSPS) is 16.5. The lowest BCUT2D eigenvalue weighted by Gasteiger charge is -2.26. The van der Waals surface area contributed by atoms with Gasteiger partial charge in [0.25, 0.3) is 11.7 Å². The summed E-state index contributed by atoms with van der Waals surface area (Å²) in [6, 6.07) is 14.4. The number of rotatable bonds is 18. The molecular weight excluding hydrogens is 576 g/mol. The van der Waals surface area contributed by atoms with Crippen molar-refractivity contribution in [1.29, 1.82) is 0 Å². The van der Waals surface area contributed by atoms with Gasteiger partial charge in [-0.2, -0.15) is 0 Å². The maximum absolute atomic E-state index is 13.3. The summed E-state index contributed by atoms with van der Waals surface area (Å²) in [6.07, 6.45) is 17.7. The number of unbranched alkanes of at least 4 members (excludes halogenated alkanes) is 13. The zero-order chi connectivity index (χ0) is 29.6. The van der Waals surface area contributed by atoms with Crippen LogP contribution in [0.5, 0.6) is 0 Å². The molecule has 1 heterocycles. The Morgan fingerprint density at radius 3 is 1.73 bits per heavy atom. The number of nitrogens with zero attached hydrogens (tertiary/aromatic N) is 2. The monoisotopic (exact) mass is 624 g/mol. The maximum atomic E-state index is 13.3. The van der Waals surface area contributed by atoms with Gasteiger partial charge in [-0.3, -0.25) is 9.59 Å². The summed E-state index contributed by atoms with van der Waals surface area (Å²) < 4.78 is 0.878. The number of ketones is 1. The van der Waals surface area contributed by atoms with Crippen molar-refractivity contribution in [2.45, 2.75) is 103 Å². The van der Waals surface area contributed by atoms with Crippen molar-refractivity contribution in [1.82, 2.24) is 4.90 Å². The SMILES string of the molecule is CCCCCCCCCCCCCCCCN1C(=O)C(=O)/C(=C(/O)c2ccc(Br)cc2)[C@@H]1c1ccc(N(C)C)cc1. The van der Waals surface area contributed by atoms with E-state index < -0.39 is 17.7 Å². The number of carbonyl (C=O) groups is 2. The van der Waals surface area contributed by atoms with E-state index in [0.717, 1.165) is 35.0 Å². The van der Waals surface area contributed by atoms with Crippen molar-refractivity contribution < 1.29 is 14.7 Å². The van der Waals surface area contributed by atoms with Crippen LogP contribution in [0.2, 0.25) is 0 Å². The fourth-order valence-corrected chi connectivity index (χ4v) is 5.92. The Morgan fingerprint density at radius 1 is 0.756 bits per heavy atom. The molecule has 1 aliphatic heterocycles. The molecule has 2 aromatic carbocycles. The topological polar surface area (TPSA) is 60.9 Å². The van der Waals surface area contributed by atoms with Gasteiger partial charge in [-0.05, 0) is 36.2 Å². The number of carbonyl (C=O) groups excluding carboxylic acids is 2. The van der Waals surface area contributed by atoms with Crippen LogP contribution >= 0.6 is 15.9 Å². The summed E-state index contributed by atoms with van der Waals surface area (Å²) in [5.74, 6) is -1.27. The number of likely N-dealkylation sites (tertiary alicyclic amines) is 1. The molecule has 2 aromatic rings. The summed E-state index contributed by atoms with van der Waals surface area (Å²) >= 11 is 3.42. The van der Waals surface area contributed by atoms with E-state index in [1.165, 1.54) is 70.6 Å². The molecule has 0 spiro atoms. The highest BCUT2D eigenvalue weighted by molar-refractivity contribution is 9.10. The van der Waals surface area contributed by atoms with Crippen molar-refractivity contribution in [2.24, 2.45) is 0 Å². The molecule has 224 valence electrons. The van der Waals surface area contributed by atoms with Gasteiger partial charge in [0.2, 0.25) is 0 Å². The van der Waals surface area contributed by atoms with Crippen LogP contribution < -0.4 is 4.90 Å². The van der Waals surface area contributed by atoms with Crippen LogP contribution in [-0.4, -0.2) is 42.3 Å². The first kappa shape index (κ1) is 32.9. The molecule has 0 unspecified atom stereocenters. The van der Waals surface area contributed by atoms with E-state index in [0.29, 0.717) is 12.1 Å². The first-order valence-corrected chi connectivity index (χ1v) is 16.5. The summed E-state index contributed by atoms with van der Waals surface area (Å²) in [5.41, 5.74) is 2.56. The number of benzene rings is 2. The predicted molar refractivity (Wildman–Crippen MR) is 174 cm³/mol. The Balaban J connectivity index is 1.57. The van der Waals surface area contributed by atoms with Crippen molar-refractivity contribution in [3.8, 4) is 0 Å². The highest BCUT2D eigenvalue weighted by Crippen LogP contribution is 2.40. The number of Topliss-reactive ketones (excluding diaryl/α,β-unsaturated/α-hetero) is 1. The molecule has 3 rings (SSSR count). The predicted octanol–water partition coefficient (Wildman–Crippen LogP) is 9.42.